The Morgan fingerprint density at radius 3 is 2.70 bits per heavy atom. The Balaban J connectivity index is 1.87. The first-order valence-corrected chi connectivity index (χ1v) is 9.36. The smallest absolute Gasteiger partial charge is 0.253 e. The summed E-state index contributed by atoms with van der Waals surface area (Å²) in [6.45, 7) is 6.23. The molecule has 0 saturated heterocycles. The molecule has 0 spiro atoms. The molecule has 1 aliphatic carbocycles. The Labute approximate surface area is 158 Å². The second kappa shape index (κ2) is 7.92. The van der Waals surface area contributed by atoms with Crippen molar-refractivity contribution >= 4 is 11.7 Å². The predicted molar refractivity (Wildman–Crippen MR) is 106 cm³/mol. The highest BCUT2D eigenvalue weighted by atomic mass is 16.1. The van der Waals surface area contributed by atoms with Crippen molar-refractivity contribution in [3.63, 3.8) is 0 Å². The molecule has 0 unspecified atom stereocenters. The molecule has 1 saturated carbocycles. The summed E-state index contributed by atoms with van der Waals surface area (Å²) >= 11 is 0. The van der Waals surface area contributed by atoms with Gasteiger partial charge in [-0.2, -0.15) is 0 Å². The summed E-state index contributed by atoms with van der Waals surface area (Å²) in [5, 5.41) is 6.15. The van der Waals surface area contributed by atoms with Crippen LogP contribution in [-0.4, -0.2) is 21.9 Å². The Bertz CT molecular complexity index is 900. The van der Waals surface area contributed by atoms with E-state index in [4.69, 9.17) is 10.7 Å². The summed E-state index contributed by atoms with van der Waals surface area (Å²) in [5.74, 6) is 0.845. The molecule has 3 rings (SSSR count). The predicted octanol–water partition coefficient (Wildman–Crippen LogP) is 2.16. The van der Waals surface area contributed by atoms with E-state index in [0.717, 1.165) is 24.2 Å². The number of carbonyl (C=O) groups is 1. The van der Waals surface area contributed by atoms with Crippen LogP contribution >= 0.6 is 0 Å². The quantitative estimate of drug-likeness (QED) is 0.597. The highest BCUT2D eigenvalue weighted by Crippen LogP contribution is 2.40. The van der Waals surface area contributed by atoms with Crippen molar-refractivity contribution in [3.05, 3.63) is 56.6 Å². The van der Waals surface area contributed by atoms with Crippen LogP contribution in [0.1, 0.15) is 65.5 Å². The second-order valence-electron chi connectivity index (χ2n) is 7.38. The summed E-state index contributed by atoms with van der Waals surface area (Å²) in [5.41, 5.74) is 9.20. The van der Waals surface area contributed by atoms with Crippen LogP contribution in [-0.2, 0) is 13.1 Å². The molecule has 2 heterocycles. The Morgan fingerprint density at radius 1 is 1.37 bits per heavy atom. The van der Waals surface area contributed by atoms with Crippen molar-refractivity contribution in [1.82, 2.24) is 15.3 Å². The van der Waals surface area contributed by atoms with Gasteiger partial charge in [0.05, 0.1) is 0 Å². The van der Waals surface area contributed by atoms with Gasteiger partial charge >= 0.3 is 0 Å². The van der Waals surface area contributed by atoms with E-state index in [9.17, 15) is 9.59 Å². The third kappa shape index (κ3) is 4.54. The van der Waals surface area contributed by atoms with Crippen molar-refractivity contribution < 1.29 is 4.79 Å². The van der Waals surface area contributed by atoms with Crippen LogP contribution in [0.3, 0.4) is 0 Å². The average molecular weight is 369 g/mol. The third-order valence-corrected chi connectivity index (χ3v) is 4.59. The molecule has 1 aliphatic rings. The zero-order valence-electron chi connectivity index (χ0n) is 16.1. The zero-order valence-corrected chi connectivity index (χ0v) is 16.1. The van der Waals surface area contributed by atoms with Crippen molar-refractivity contribution in [2.24, 2.45) is 5.73 Å². The van der Waals surface area contributed by atoms with E-state index in [2.05, 4.69) is 15.6 Å². The van der Waals surface area contributed by atoms with Gasteiger partial charge in [-0.25, -0.2) is 4.98 Å². The molecular weight excluding hydrogens is 342 g/mol. The van der Waals surface area contributed by atoms with Gasteiger partial charge in [0.1, 0.15) is 5.82 Å². The number of aromatic amines is 1. The van der Waals surface area contributed by atoms with Gasteiger partial charge in [0.25, 0.3) is 11.5 Å². The first-order chi connectivity index (χ1) is 12.9. The number of nitrogens with two attached hydrogens (primary N) is 1. The van der Waals surface area contributed by atoms with Gasteiger partial charge in [-0.05, 0) is 45.7 Å². The van der Waals surface area contributed by atoms with Crippen molar-refractivity contribution in [1.29, 1.82) is 0 Å². The van der Waals surface area contributed by atoms with Crippen LogP contribution in [0, 0.1) is 6.92 Å². The first kappa shape index (κ1) is 19.1. The average Bonchev–Trinajstić information content (AvgIpc) is 3.44. The van der Waals surface area contributed by atoms with Gasteiger partial charge in [-0.15, -0.1) is 0 Å². The van der Waals surface area contributed by atoms with Crippen molar-refractivity contribution in [2.75, 3.05) is 5.32 Å². The van der Waals surface area contributed by atoms with Gasteiger partial charge in [-0.1, -0.05) is 6.07 Å². The molecule has 1 fully saturated rings. The molecule has 144 valence electrons. The van der Waals surface area contributed by atoms with E-state index in [1.54, 1.807) is 6.07 Å². The van der Waals surface area contributed by atoms with Crippen LogP contribution in [0.5, 0.6) is 0 Å². The molecule has 1 amide bonds. The number of aromatic nitrogens is 2. The Kier molecular flexibility index (Phi) is 5.60. The normalized spacial score (nSPS) is 13.7. The molecule has 0 aliphatic heterocycles. The summed E-state index contributed by atoms with van der Waals surface area (Å²) in [6, 6.07) is 5.57. The minimum atomic E-state index is -0.244. The fourth-order valence-electron chi connectivity index (χ4n) is 2.99. The fraction of sp³-hybridized carbons (Fsp3) is 0.450. The van der Waals surface area contributed by atoms with Crippen LogP contribution in [0.2, 0.25) is 0 Å². The van der Waals surface area contributed by atoms with Gasteiger partial charge in [0.15, 0.2) is 0 Å². The van der Waals surface area contributed by atoms with Crippen molar-refractivity contribution in [3.8, 4) is 0 Å². The van der Waals surface area contributed by atoms with Crippen LogP contribution < -0.4 is 21.9 Å². The van der Waals surface area contributed by atoms with Crippen molar-refractivity contribution in [2.45, 2.75) is 58.7 Å². The molecule has 5 N–H and O–H groups in total. The van der Waals surface area contributed by atoms with E-state index < -0.39 is 0 Å². The Morgan fingerprint density at radius 2 is 2.11 bits per heavy atom. The molecule has 0 atom stereocenters. The maximum absolute atomic E-state index is 12.9. The lowest BCUT2D eigenvalue weighted by molar-refractivity contribution is 0.0949. The van der Waals surface area contributed by atoms with E-state index in [1.165, 1.54) is 0 Å². The zero-order chi connectivity index (χ0) is 19.6. The number of aryl methyl sites for hydroxylation is 1. The fourth-order valence-corrected chi connectivity index (χ4v) is 2.99. The number of hydrogen-bond acceptors (Lipinski definition) is 5. The number of amides is 1. The largest absolute Gasteiger partial charge is 0.368 e. The SMILES string of the molecule is Cc1ccc(CNC(=O)c2cc(C3CC3)nc(NC(C)C)c2CN)c(=O)[nH]1. The van der Waals surface area contributed by atoms with E-state index in [1.807, 2.05) is 32.9 Å². The molecule has 2 aromatic heterocycles. The number of rotatable bonds is 7. The number of pyridine rings is 2. The molecule has 27 heavy (non-hydrogen) atoms. The molecule has 0 aromatic carbocycles. The summed E-state index contributed by atoms with van der Waals surface area (Å²) in [4.78, 5) is 32.3. The molecule has 2 aromatic rings. The lowest BCUT2D eigenvalue weighted by Crippen LogP contribution is -2.29. The summed E-state index contributed by atoms with van der Waals surface area (Å²) in [7, 11) is 0. The van der Waals surface area contributed by atoms with Crippen LogP contribution in [0.4, 0.5) is 5.82 Å². The standard InChI is InChI=1S/C20H27N5O2/c1-11(2)23-18-16(9-21)15(8-17(25-18)13-6-7-13)20(27)22-10-14-5-4-12(3)24-19(14)26/h4-5,8,11,13H,6-7,9-10,21H2,1-3H3,(H,22,27)(H,23,25)(H,24,26). The van der Waals surface area contributed by atoms with E-state index >= 15 is 0 Å². The molecule has 7 heteroatoms. The van der Waals surface area contributed by atoms with Gasteiger partial charge < -0.3 is 21.4 Å². The van der Waals surface area contributed by atoms with E-state index in [-0.39, 0.29) is 30.6 Å². The maximum atomic E-state index is 12.9. The monoisotopic (exact) mass is 369 g/mol. The first-order valence-electron chi connectivity index (χ1n) is 9.36. The number of carbonyl (C=O) groups excluding carboxylic acids is 1. The lowest BCUT2D eigenvalue weighted by atomic mass is 10.0. The topological polar surface area (TPSA) is 113 Å². The summed E-state index contributed by atoms with van der Waals surface area (Å²) in [6.07, 6.45) is 2.19. The molecular formula is C20H27N5O2. The number of nitrogens with zero attached hydrogens (tertiary/aromatic N) is 1. The van der Waals surface area contributed by atoms with E-state index in [0.29, 0.717) is 28.4 Å². The lowest BCUT2D eigenvalue weighted by Gasteiger charge is -2.18. The third-order valence-electron chi connectivity index (χ3n) is 4.59. The number of anilines is 1. The second-order valence-corrected chi connectivity index (χ2v) is 7.38. The van der Waals surface area contributed by atoms with Gasteiger partial charge in [-0.3, -0.25) is 9.59 Å². The maximum Gasteiger partial charge on any atom is 0.253 e. The minimum Gasteiger partial charge on any atom is -0.368 e. The minimum absolute atomic E-state index is 0.159. The van der Waals surface area contributed by atoms with Gasteiger partial charge in [0, 0.05) is 53.1 Å². The number of nitrogens with one attached hydrogen (secondary N) is 3. The summed E-state index contributed by atoms with van der Waals surface area (Å²) < 4.78 is 0. The highest BCUT2D eigenvalue weighted by molar-refractivity contribution is 5.97. The van der Waals surface area contributed by atoms with Gasteiger partial charge in [0.2, 0.25) is 0 Å². The molecule has 7 nitrogen and oxygen atoms in total. The molecule has 0 bridgehead atoms. The van der Waals surface area contributed by atoms with Crippen LogP contribution in [0.15, 0.2) is 23.0 Å². The number of H-pyrrole nitrogens is 1. The molecule has 0 radical (unpaired) electrons. The number of hydrogen-bond donors (Lipinski definition) is 4. The Hall–Kier alpha value is -2.67. The highest BCUT2D eigenvalue weighted by Gasteiger charge is 2.28. The van der Waals surface area contributed by atoms with Crippen LogP contribution in [0.25, 0.3) is 0 Å².